The van der Waals surface area contributed by atoms with E-state index in [4.69, 9.17) is 25.4 Å². The molecule has 4 aliphatic carbocycles. The van der Waals surface area contributed by atoms with Gasteiger partial charge in [-0.2, -0.15) is 0 Å². The molecule has 0 bridgehead atoms. The predicted molar refractivity (Wildman–Crippen MR) is 186 cm³/mol. The molecule has 12 nitrogen and oxygen atoms in total. The first-order chi connectivity index (χ1) is 23.9. The molecule has 6 N–H and O–H groups in total. The molecule has 1 spiro atoms. The highest BCUT2D eigenvalue weighted by atomic mass is 16.6. The molecule has 1 aromatic heterocycles. The van der Waals surface area contributed by atoms with Crippen LogP contribution < -0.4 is 22.4 Å². The van der Waals surface area contributed by atoms with Crippen LogP contribution in [0.25, 0.3) is 0 Å². The van der Waals surface area contributed by atoms with Gasteiger partial charge < -0.3 is 35.8 Å². The molecule has 1 aromatic rings. The number of hydrogen-bond donors (Lipinski definition) is 4. The third-order valence-electron chi connectivity index (χ3n) is 13.6. The van der Waals surface area contributed by atoms with Crippen molar-refractivity contribution in [3.8, 4) is 0 Å². The van der Waals surface area contributed by atoms with Gasteiger partial charge >= 0.3 is 17.6 Å². The van der Waals surface area contributed by atoms with Crippen LogP contribution in [0.3, 0.4) is 0 Å². The zero-order chi connectivity index (χ0) is 35.7. The van der Waals surface area contributed by atoms with E-state index in [2.05, 4.69) is 24.2 Å². The number of ether oxygens (including phenoxy) is 2. The van der Waals surface area contributed by atoms with Crippen molar-refractivity contribution in [3.63, 3.8) is 0 Å². The summed E-state index contributed by atoms with van der Waals surface area (Å²) >= 11 is 0. The van der Waals surface area contributed by atoms with E-state index in [0.29, 0.717) is 55.9 Å². The first-order valence-electron chi connectivity index (χ1n) is 18.9. The van der Waals surface area contributed by atoms with Gasteiger partial charge in [0.05, 0.1) is 12.4 Å². The fourth-order valence-corrected chi connectivity index (χ4v) is 11.0. The summed E-state index contributed by atoms with van der Waals surface area (Å²) in [5.41, 5.74) is 11.6. The molecule has 12 heteroatoms. The summed E-state index contributed by atoms with van der Waals surface area (Å²) in [6.45, 7) is 5.23. The number of nitrogens with two attached hydrogens (primary N) is 2. The molecule has 0 unspecified atom stereocenters. The van der Waals surface area contributed by atoms with Gasteiger partial charge in [-0.3, -0.25) is 14.6 Å². The lowest BCUT2D eigenvalue weighted by molar-refractivity contribution is -0.164. The summed E-state index contributed by atoms with van der Waals surface area (Å²) in [6.07, 6.45) is 14.7. The van der Waals surface area contributed by atoms with E-state index >= 15 is 0 Å². The smallest absolute Gasteiger partial charge is 0.335 e. The lowest BCUT2D eigenvalue weighted by Crippen LogP contribution is -2.58. The topological polar surface area (TPSA) is 200 Å². The molecule has 1 saturated heterocycles. The maximum Gasteiger partial charge on any atom is 0.335 e. The fraction of sp³-hybridized carbons (Fsp3) is 0.763. The van der Waals surface area contributed by atoms with Crippen molar-refractivity contribution in [2.24, 2.45) is 45.0 Å². The number of amides is 1. The van der Waals surface area contributed by atoms with Crippen LogP contribution in [0.5, 0.6) is 0 Å². The normalized spacial score (nSPS) is 35.7. The van der Waals surface area contributed by atoms with Gasteiger partial charge in [0.25, 0.3) is 0 Å². The molecule has 2 heterocycles. The summed E-state index contributed by atoms with van der Waals surface area (Å²) < 4.78 is 18.0. The lowest BCUT2D eigenvalue weighted by Gasteiger charge is -2.61. The van der Waals surface area contributed by atoms with E-state index in [1.165, 1.54) is 6.42 Å². The van der Waals surface area contributed by atoms with Crippen LogP contribution in [-0.2, 0) is 23.9 Å². The summed E-state index contributed by atoms with van der Waals surface area (Å²) in [7, 11) is 0. The van der Waals surface area contributed by atoms with E-state index < -0.39 is 12.0 Å². The Kier molecular flexibility index (Phi) is 10.7. The predicted octanol–water partition coefficient (Wildman–Crippen LogP) is 4.77. The number of aliphatic imine (C=N–C) groups is 1. The van der Waals surface area contributed by atoms with Crippen molar-refractivity contribution >= 4 is 23.8 Å². The highest BCUT2D eigenvalue weighted by molar-refractivity contribution is 5.83. The lowest BCUT2D eigenvalue weighted by atomic mass is 9.44. The molecular weight excluding hydrogens is 640 g/mol. The zero-order valence-corrected chi connectivity index (χ0v) is 29.7. The zero-order valence-electron chi connectivity index (χ0n) is 29.7. The molecule has 10 atom stereocenters. The van der Waals surface area contributed by atoms with Gasteiger partial charge in [-0.1, -0.05) is 26.7 Å². The van der Waals surface area contributed by atoms with E-state index in [-0.39, 0.29) is 64.9 Å². The Hall–Kier alpha value is -3.41. The fourth-order valence-electron chi connectivity index (χ4n) is 11.0. The van der Waals surface area contributed by atoms with Crippen molar-refractivity contribution in [3.05, 3.63) is 34.4 Å². The van der Waals surface area contributed by atoms with Gasteiger partial charge in [0.15, 0.2) is 5.96 Å². The molecule has 4 saturated carbocycles. The highest BCUT2D eigenvalue weighted by Gasteiger charge is 2.80. The summed E-state index contributed by atoms with van der Waals surface area (Å²) in [6, 6.07) is 2.54. The molecule has 0 aromatic carbocycles. The molecule has 1 amide bonds. The van der Waals surface area contributed by atoms with Crippen molar-refractivity contribution < 1.29 is 33.4 Å². The Morgan fingerprint density at radius 2 is 1.78 bits per heavy atom. The number of guanidine groups is 1. The van der Waals surface area contributed by atoms with Crippen LogP contribution in [0.2, 0.25) is 0 Å². The molecular formula is C38H56N4O8. The Morgan fingerprint density at radius 3 is 2.50 bits per heavy atom. The van der Waals surface area contributed by atoms with E-state index in [1.54, 1.807) is 12.3 Å². The second-order valence-electron chi connectivity index (χ2n) is 16.2. The van der Waals surface area contributed by atoms with Crippen LogP contribution in [0.1, 0.15) is 128 Å². The average Bonchev–Trinajstić information content (AvgIpc) is 3.73. The Morgan fingerprint density at radius 1 is 1.00 bits per heavy atom. The SMILES string of the molecule is C[C@]12CC[C@H](OC(=O)CCCCCCC(=O)N[C@H](CCCN=C(N)N)C(=O)O)C[C@H]1CC[C@@H]1[C@@H]2CC[C@]2(C)[C@@H](c3ccc(=O)oc3)C[C@H]3O[C@]132. The molecule has 0 radical (unpaired) electrons. The molecule has 276 valence electrons. The number of carbonyl (C=O) groups is 3. The number of fused-ring (bicyclic) bond motifs is 3. The Bertz CT molecular complexity index is 1490. The second-order valence-corrected chi connectivity index (χ2v) is 16.2. The molecule has 6 rings (SSSR count). The molecule has 50 heavy (non-hydrogen) atoms. The van der Waals surface area contributed by atoms with Crippen molar-refractivity contribution in [2.75, 3.05) is 6.54 Å². The van der Waals surface area contributed by atoms with Crippen LogP contribution in [-0.4, -0.2) is 59.3 Å². The Labute approximate surface area is 294 Å². The van der Waals surface area contributed by atoms with E-state index in [0.717, 1.165) is 63.4 Å². The number of nitrogens with one attached hydrogen (secondary N) is 1. The van der Waals surface area contributed by atoms with Gasteiger partial charge in [0, 0.05) is 30.9 Å². The number of nitrogens with zero attached hydrogens (tertiary/aromatic N) is 1. The van der Waals surface area contributed by atoms with Crippen molar-refractivity contribution in [1.82, 2.24) is 5.32 Å². The van der Waals surface area contributed by atoms with Crippen molar-refractivity contribution in [1.29, 1.82) is 0 Å². The first kappa shape index (κ1) is 36.4. The number of carboxylic acid groups (broad SMARTS) is 1. The summed E-state index contributed by atoms with van der Waals surface area (Å²) in [5.74, 6) is 0.488. The molecule has 1 aliphatic heterocycles. The monoisotopic (exact) mass is 696 g/mol. The van der Waals surface area contributed by atoms with E-state index in [1.807, 2.05) is 6.07 Å². The molecule has 5 fully saturated rings. The maximum absolute atomic E-state index is 12.8. The number of esters is 1. The molecule has 5 aliphatic rings. The van der Waals surface area contributed by atoms with Crippen LogP contribution in [0, 0.1) is 28.6 Å². The van der Waals surface area contributed by atoms with Crippen LogP contribution in [0.15, 0.2) is 32.6 Å². The minimum absolute atomic E-state index is 0.0250. The third kappa shape index (κ3) is 7.05. The van der Waals surface area contributed by atoms with Gasteiger partial charge in [0.2, 0.25) is 5.91 Å². The average molecular weight is 697 g/mol. The number of epoxide rings is 1. The summed E-state index contributed by atoms with van der Waals surface area (Å²) in [5, 5.41) is 12.0. The van der Waals surface area contributed by atoms with Gasteiger partial charge in [-0.25, -0.2) is 9.59 Å². The van der Waals surface area contributed by atoms with Gasteiger partial charge in [-0.05, 0) is 118 Å². The minimum Gasteiger partial charge on any atom is -0.480 e. The number of unbranched alkanes of at least 4 members (excludes halogenated alkanes) is 3. The Balaban J connectivity index is 0.906. The maximum atomic E-state index is 12.8. The number of rotatable bonds is 15. The number of carboxylic acids is 1. The van der Waals surface area contributed by atoms with E-state index in [9.17, 15) is 24.3 Å². The van der Waals surface area contributed by atoms with Crippen LogP contribution in [0.4, 0.5) is 0 Å². The van der Waals surface area contributed by atoms with Crippen LogP contribution >= 0.6 is 0 Å². The summed E-state index contributed by atoms with van der Waals surface area (Å²) in [4.78, 5) is 52.1. The first-order valence-corrected chi connectivity index (χ1v) is 18.9. The number of carbonyl (C=O) groups excluding carboxylic acids is 2. The largest absolute Gasteiger partial charge is 0.480 e. The highest BCUT2D eigenvalue weighted by Crippen LogP contribution is 2.78. The van der Waals surface area contributed by atoms with Crippen molar-refractivity contribution in [2.45, 2.75) is 146 Å². The van der Waals surface area contributed by atoms with Gasteiger partial charge in [-0.15, -0.1) is 0 Å². The quantitative estimate of drug-likeness (QED) is 0.0651. The minimum atomic E-state index is -1.08. The standard InChI is InChI=1S/C38H56N4O8/c1-36-17-15-25(49-33(45)10-6-4-3-5-9-31(43)42-29(34(46)47)8-7-19-41-35(39)40)20-24(36)12-13-27-26(36)16-18-37(2)28(21-30-38(27,37)50-30)23-11-14-32(44)48-22-23/h11,14,22,24-30H,3-10,12-13,15-21H2,1-2H3,(H,42,43)(H,46,47)(H4,39,40,41)/t24-,25+,26+,27-,28-,29-,30-,36+,37-,38-/m1/s1. The number of aliphatic carboxylic acids is 1. The third-order valence-corrected chi connectivity index (χ3v) is 13.6. The number of hydrogen-bond acceptors (Lipinski definition) is 8. The van der Waals surface area contributed by atoms with Gasteiger partial charge in [0.1, 0.15) is 17.7 Å². The second kappa shape index (κ2) is 14.7.